The van der Waals surface area contributed by atoms with Crippen molar-refractivity contribution >= 4 is 11.6 Å². The fourth-order valence-electron chi connectivity index (χ4n) is 2.16. The summed E-state index contributed by atoms with van der Waals surface area (Å²) in [7, 11) is 0. The molecule has 1 unspecified atom stereocenters. The number of hydrogen-bond donors (Lipinski definition) is 0. The number of carbonyl (C=O) groups excluding carboxylic acids is 1. The summed E-state index contributed by atoms with van der Waals surface area (Å²) in [6.45, 7) is 13.5. The van der Waals surface area contributed by atoms with E-state index in [0.717, 1.165) is 25.1 Å². The van der Waals surface area contributed by atoms with Crippen LogP contribution in [0.2, 0.25) is 0 Å². The molecule has 1 amide bonds. The van der Waals surface area contributed by atoms with Crippen LogP contribution in [0.15, 0.2) is 24.3 Å². The average Bonchev–Trinajstić information content (AvgIpc) is 2.37. The van der Waals surface area contributed by atoms with Gasteiger partial charge in [0.1, 0.15) is 0 Å². The number of carbonyl (C=O) groups is 1. The molecule has 0 saturated carbocycles. The van der Waals surface area contributed by atoms with E-state index in [1.807, 2.05) is 4.90 Å². The lowest BCUT2D eigenvalue weighted by Crippen LogP contribution is -2.30. The van der Waals surface area contributed by atoms with E-state index >= 15 is 0 Å². The molecule has 2 nitrogen and oxygen atoms in total. The van der Waals surface area contributed by atoms with Gasteiger partial charge in [-0.3, -0.25) is 4.79 Å². The van der Waals surface area contributed by atoms with Gasteiger partial charge in [-0.1, -0.05) is 53.2 Å². The van der Waals surface area contributed by atoms with Crippen LogP contribution in [0, 0.1) is 5.92 Å². The molecule has 0 N–H and O–H groups in total. The molecule has 0 bridgehead atoms. The number of amides is 1. The maximum absolute atomic E-state index is 11.9. The summed E-state index contributed by atoms with van der Waals surface area (Å²) < 4.78 is 0. The molecule has 20 heavy (non-hydrogen) atoms. The number of benzene rings is 1. The molecule has 0 aromatic heterocycles. The maximum atomic E-state index is 11.9. The second-order valence-corrected chi connectivity index (χ2v) is 6.77. The van der Waals surface area contributed by atoms with Crippen LogP contribution in [0.4, 0.5) is 5.69 Å². The van der Waals surface area contributed by atoms with E-state index < -0.39 is 0 Å². The molecule has 1 atom stereocenters. The molecule has 0 aliphatic heterocycles. The van der Waals surface area contributed by atoms with E-state index in [1.165, 1.54) is 5.56 Å². The van der Waals surface area contributed by atoms with Gasteiger partial charge in [-0.25, -0.2) is 0 Å². The van der Waals surface area contributed by atoms with E-state index in [1.54, 1.807) is 6.92 Å². The Morgan fingerprint density at radius 2 is 1.75 bits per heavy atom. The van der Waals surface area contributed by atoms with Crippen molar-refractivity contribution in [3.63, 3.8) is 0 Å². The molecular formula is C18H29NO. The predicted octanol–water partition coefficient (Wildman–Crippen LogP) is 4.77. The van der Waals surface area contributed by atoms with Gasteiger partial charge in [0, 0.05) is 19.2 Å². The third-order valence-electron chi connectivity index (χ3n) is 3.97. The Balaban J connectivity index is 2.85. The fraction of sp³-hybridized carbons (Fsp3) is 0.611. The third kappa shape index (κ3) is 4.66. The van der Waals surface area contributed by atoms with Gasteiger partial charge in [0.05, 0.1) is 0 Å². The van der Waals surface area contributed by atoms with Crippen molar-refractivity contribution in [3.05, 3.63) is 29.8 Å². The van der Waals surface area contributed by atoms with Gasteiger partial charge < -0.3 is 4.90 Å². The second-order valence-electron chi connectivity index (χ2n) is 6.77. The molecule has 0 saturated heterocycles. The molecule has 1 aromatic carbocycles. The highest BCUT2D eigenvalue weighted by Crippen LogP contribution is 2.25. The normalized spacial score (nSPS) is 13.1. The average molecular weight is 275 g/mol. The second kappa shape index (κ2) is 6.92. The van der Waals surface area contributed by atoms with Crippen LogP contribution in [0.25, 0.3) is 0 Å². The minimum absolute atomic E-state index is 0.122. The molecule has 0 fully saturated rings. The summed E-state index contributed by atoms with van der Waals surface area (Å²) in [5.41, 5.74) is 2.46. The van der Waals surface area contributed by atoms with Crippen molar-refractivity contribution in [3.8, 4) is 0 Å². The lowest BCUT2D eigenvalue weighted by molar-refractivity contribution is -0.116. The van der Waals surface area contributed by atoms with Crippen molar-refractivity contribution in [2.24, 2.45) is 5.92 Å². The van der Waals surface area contributed by atoms with Crippen LogP contribution in [-0.2, 0) is 10.2 Å². The summed E-state index contributed by atoms with van der Waals surface area (Å²) >= 11 is 0. The fourth-order valence-corrected chi connectivity index (χ4v) is 2.16. The monoisotopic (exact) mass is 275 g/mol. The number of nitrogens with zero attached hydrogens (tertiary/aromatic N) is 1. The lowest BCUT2D eigenvalue weighted by atomic mass is 9.87. The first-order valence-electron chi connectivity index (χ1n) is 7.64. The van der Waals surface area contributed by atoms with Gasteiger partial charge in [-0.15, -0.1) is 0 Å². The van der Waals surface area contributed by atoms with Crippen LogP contribution in [0.5, 0.6) is 0 Å². The quantitative estimate of drug-likeness (QED) is 0.757. The largest absolute Gasteiger partial charge is 0.313 e. The van der Waals surface area contributed by atoms with Gasteiger partial charge in [0.25, 0.3) is 0 Å². The van der Waals surface area contributed by atoms with E-state index in [9.17, 15) is 4.79 Å². The van der Waals surface area contributed by atoms with Gasteiger partial charge in [-0.2, -0.15) is 0 Å². The van der Waals surface area contributed by atoms with Gasteiger partial charge in [0.15, 0.2) is 0 Å². The summed E-state index contributed by atoms with van der Waals surface area (Å²) in [5, 5.41) is 0. The Morgan fingerprint density at radius 1 is 1.20 bits per heavy atom. The molecule has 0 aliphatic rings. The van der Waals surface area contributed by atoms with E-state index in [2.05, 4.69) is 58.9 Å². The summed E-state index contributed by atoms with van der Waals surface area (Å²) in [4.78, 5) is 13.7. The maximum Gasteiger partial charge on any atom is 0.223 e. The smallest absolute Gasteiger partial charge is 0.223 e. The van der Waals surface area contributed by atoms with Crippen molar-refractivity contribution in [2.75, 3.05) is 11.4 Å². The SMILES string of the molecule is CCC(C)CCN(C(C)=O)c1ccc(C(C)(C)C)cc1. The highest BCUT2D eigenvalue weighted by molar-refractivity contribution is 5.91. The Hall–Kier alpha value is -1.31. The van der Waals surface area contributed by atoms with Crippen LogP contribution in [-0.4, -0.2) is 12.5 Å². The van der Waals surface area contributed by atoms with Crippen molar-refractivity contribution in [2.45, 2.75) is 59.8 Å². The number of anilines is 1. The van der Waals surface area contributed by atoms with Crippen LogP contribution < -0.4 is 4.90 Å². The van der Waals surface area contributed by atoms with Crippen molar-refractivity contribution in [1.29, 1.82) is 0 Å². The van der Waals surface area contributed by atoms with Crippen LogP contribution >= 0.6 is 0 Å². The third-order valence-corrected chi connectivity index (χ3v) is 3.97. The van der Waals surface area contributed by atoms with Crippen LogP contribution in [0.3, 0.4) is 0 Å². The molecule has 0 aliphatic carbocycles. The van der Waals surface area contributed by atoms with E-state index in [4.69, 9.17) is 0 Å². The first-order valence-corrected chi connectivity index (χ1v) is 7.64. The van der Waals surface area contributed by atoms with E-state index in [-0.39, 0.29) is 11.3 Å². The van der Waals surface area contributed by atoms with Gasteiger partial charge in [-0.05, 0) is 35.4 Å². The minimum Gasteiger partial charge on any atom is -0.313 e. The first kappa shape index (κ1) is 16.7. The minimum atomic E-state index is 0.122. The molecule has 0 spiro atoms. The molecule has 1 rings (SSSR count). The lowest BCUT2D eigenvalue weighted by Gasteiger charge is -2.25. The number of hydrogen-bond acceptors (Lipinski definition) is 1. The van der Waals surface area contributed by atoms with Gasteiger partial charge >= 0.3 is 0 Å². The molecule has 1 aromatic rings. The molecular weight excluding hydrogens is 246 g/mol. The van der Waals surface area contributed by atoms with Crippen LogP contribution in [0.1, 0.15) is 59.9 Å². The molecule has 112 valence electrons. The predicted molar refractivity (Wildman–Crippen MR) is 87.2 cm³/mol. The zero-order valence-electron chi connectivity index (χ0n) is 13.9. The summed E-state index contributed by atoms with van der Waals surface area (Å²) in [5.74, 6) is 0.780. The Labute approximate surface area is 124 Å². The topological polar surface area (TPSA) is 20.3 Å². The zero-order chi connectivity index (χ0) is 15.3. The molecule has 2 heteroatoms. The zero-order valence-corrected chi connectivity index (χ0v) is 13.9. The van der Waals surface area contributed by atoms with Crippen molar-refractivity contribution in [1.82, 2.24) is 0 Å². The van der Waals surface area contributed by atoms with Crippen molar-refractivity contribution < 1.29 is 4.79 Å². The highest BCUT2D eigenvalue weighted by atomic mass is 16.2. The molecule has 0 radical (unpaired) electrons. The Morgan fingerprint density at radius 3 is 2.15 bits per heavy atom. The number of rotatable bonds is 5. The van der Waals surface area contributed by atoms with E-state index in [0.29, 0.717) is 5.92 Å². The summed E-state index contributed by atoms with van der Waals surface area (Å²) in [6.07, 6.45) is 2.21. The molecule has 0 heterocycles. The summed E-state index contributed by atoms with van der Waals surface area (Å²) in [6, 6.07) is 8.40. The standard InChI is InChI=1S/C18H29NO/c1-7-14(2)12-13-19(15(3)20)17-10-8-16(9-11-17)18(4,5)6/h8-11,14H,7,12-13H2,1-6H3. The Kier molecular flexibility index (Phi) is 5.79. The Bertz CT molecular complexity index is 428. The first-order chi connectivity index (χ1) is 9.25. The highest BCUT2D eigenvalue weighted by Gasteiger charge is 2.16. The van der Waals surface area contributed by atoms with Gasteiger partial charge in [0.2, 0.25) is 5.91 Å².